The molecule has 1 aromatic heterocycles. The zero-order valence-corrected chi connectivity index (χ0v) is 8.12. The van der Waals surface area contributed by atoms with Gasteiger partial charge in [-0.15, -0.1) is 0 Å². The summed E-state index contributed by atoms with van der Waals surface area (Å²) < 4.78 is 0. The minimum absolute atomic E-state index is 0.619. The minimum Gasteiger partial charge on any atom is -0.397 e. The van der Waals surface area contributed by atoms with Gasteiger partial charge in [0, 0.05) is 21.8 Å². The van der Waals surface area contributed by atoms with Crippen LogP contribution in [-0.2, 0) is 0 Å². The predicted molar refractivity (Wildman–Crippen MR) is 64.6 cm³/mol. The topological polar surface area (TPSA) is 67.8 Å². The van der Waals surface area contributed by atoms with E-state index in [0.29, 0.717) is 11.4 Å². The van der Waals surface area contributed by atoms with Crippen LogP contribution in [0.2, 0.25) is 0 Å². The summed E-state index contributed by atoms with van der Waals surface area (Å²) in [5.74, 6) is 0. The fourth-order valence-corrected chi connectivity index (χ4v) is 1.93. The van der Waals surface area contributed by atoms with Crippen molar-refractivity contribution in [3.05, 3.63) is 36.4 Å². The summed E-state index contributed by atoms with van der Waals surface area (Å²) in [6.07, 6.45) is 0. The molecule has 0 unspecified atom stereocenters. The van der Waals surface area contributed by atoms with E-state index < -0.39 is 0 Å². The van der Waals surface area contributed by atoms with Gasteiger partial charge in [-0.25, -0.2) is 0 Å². The maximum atomic E-state index is 5.80. The highest BCUT2D eigenvalue weighted by molar-refractivity contribution is 6.09. The largest absolute Gasteiger partial charge is 0.397 e. The van der Waals surface area contributed by atoms with Crippen LogP contribution in [0, 0.1) is 0 Å². The third-order valence-electron chi connectivity index (χ3n) is 2.71. The lowest BCUT2D eigenvalue weighted by Crippen LogP contribution is -1.93. The molecule has 0 bridgehead atoms. The molecule has 0 amide bonds. The Labute approximate surface area is 86.7 Å². The molecule has 0 saturated heterocycles. The molecule has 3 rings (SSSR count). The molecular formula is C12H11N3. The Morgan fingerprint density at radius 1 is 0.800 bits per heavy atom. The second-order valence-corrected chi connectivity index (χ2v) is 3.70. The van der Waals surface area contributed by atoms with E-state index in [2.05, 4.69) is 11.1 Å². The van der Waals surface area contributed by atoms with Crippen molar-refractivity contribution in [2.75, 3.05) is 11.5 Å². The van der Waals surface area contributed by atoms with Crippen LogP contribution in [0.5, 0.6) is 0 Å². The summed E-state index contributed by atoms with van der Waals surface area (Å²) in [5, 5.41) is 2.30. The van der Waals surface area contributed by atoms with Crippen LogP contribution in [0.4, 0.5) is 11.4 Å². The number of benzene rings is 2. The fourth-order valence-electron chi connectivity index (χ4n) is 1.93. The molecule has 2 aromatic carbocycles. The highest BCUT2D eigenvalue weighted by Gasteiger charge is 2.05. The average molecular weight is 197 g/mol. The van der Waals surface area contributed by atoms with Crippen molar-refractivity contribution in [1.82, 2.24) is 4.98 Å². The Hall–Kier alpha value is -2.16. The maximum Gasteiger partial charge on any atom is 0.0569 e. The number of fused-ring (bicyclic) bond motifs is 3. The van der Waals surface area contributed by atoms with E-state index in [1.165, 1.54) is 5.39 Å². The molecule has 0 aliphatic rings. The Balaban J connectivity index is 2.56. The molecule has 3 aromatic rings. The second kappa shape index (κ2) is 2.67. The first kappa shape index (κ1) is 8.17. The lowest BCUT2D eigenvalue weighted by atomic mass is 10.1. The SMILES string of the molecule is Nc1cc2[nH]c3ccccc3c2cc1N. The van der Waals surface area contributed by atoms with Crippen molar-refractivity contribution in [2.24, 2.45) is 0 Å². The Bertz CT molecular complexity index is 652. The summed E-state index contributed by atoms with van der Waals surface area (Å²) in [7, 11) is 0. The van der Waals surface area contributed by atoms with Crippen LogP contribution in [-0.4, -0.2) is 4.98 Å². The van der Waals surface area contributed by atoms with Crippen LogP contribution in [0.15, 0.2) is 36.4 Å². The van der Waals surface area contributed by atoms with E-state index in [4.69, 9.17) is 11.5 Å². The highest BCUT2D eigenvalue weighted by Crippen LogP contribution is 2.29. The van der Waals surface area contributed by atoms with Crippen LogP contribution < -0.4 is 11.5 Å². The molecule has 0 atom stereocenters. The number of para-hydroxylation sites is 1. The predicted octanol–water partition coefficient (Wildman–Crippen LogP) is 2.49. The summed E-state index contributed by atoms with van der Waals surface area (Å²) in [4.78, 5) is 3.31. The summed E-state index contributed by atoms with van der Waals surface area (Å²) in [6.45, 7) is 0. The second-order valence-electron chi connectivity index (χ2n) is 3.70. The first-order valence-corrected chi connectivity index (χ1v) is 4.81. The third kappa shape index (κ3) is 1.06. The van der Waals surface area contributed by atoms with Gasteiger partial charge in [0.15, 0.2) is 0 Å². The third-order valence-corrected chi connectivity index (χ3v) is 2.71. The number of aromatic nitrogens is 1. The van der Waals surface area contributed by atoms with E-state index in [1.54, 1.807) is 0 Å². The molecule has 5 N–H and O–H groups in total. The monoisotopic (exact) mass is 197 g/mol. The quantitative estimate of drug-likeness (QED) is 0.484. The zero-order valence-electron chi connectivity index (χ0n) is 8.12. The number of rotatable bonds is 0. The van der Waals surface area contributed by atoms with Crippen LogP contribution in [0.1, 0.15) is 0 Å². The van der Waals surface area contributed by atoms with E-state index in [0.717, 1.165) is 16.4 Å². The van der Waals surface area contributed by atoms with Gasteiger partial charge in [-0.2, -0.15) is 0 Å². The molecule has 3 nitrogen and oxygen atoms in total. The highest BCUT2D eigenvalue weighted by atomic mass is 14.7. The van der Waals surface area contributed by atoms with Gasteiger partial charge in [0.2, 0.25) is 0 Å². The number of anilines is 2. The standard InChI is InChI=1S/C12H11N3/c13-9-5-8-7-3-1-2-4-11(7)15-12(8)6-10(9)14/h1-6,15H,13-14H2. The van der Waals surface area contributed by atoms with Gasteiger partial charge in [-0.3, -0.25) is 0 Å². The fraction of sp³-hybridized carbons (Fsp3) is 0. The van der Waals surface area contributed by atoms with Gasteiger partial charge in [-0.1, -0.05) is 18.2 Å². The molecule has 15 heavy (non-hydrogen) atoms. The molecule has 0 spiro atoms. The maximum absolute atomic E-state index is 5.80. The summed E-state index contributed by atoms with van der Waals surface area (Å²) >= 11 is 0. The Morgan fingerprint density at radius 2 is 1.53 bits per heavy atom. The Morgan fingerprint density at radius 3 is 2.40 bits per heavy atom. The number of H-pyrrole nitrogens is 1. The molecule has 0 aliphatic heterocycles. The van der Waals surface area contributed by atoms with E-state index >= 15 is 0 Å². The van der Waals surface area contributed by atoms with E-state index in [1.807, 2.05) is 30.3 Å². The average Bonchev–Trinajstić information content (AvgIpc) is 2.57. The van der Waals surface area contributed by atoms with Crippen molar-refractivity contribution < 1.29 is 0 Å². The lowest BCUT2D eigenvalue weighted by molar-refractivity contribution is 1.54. The smallest absolute Gasteiger partial charge is 0.0569 e. The summed E-state index contributed by atoms with van der Waals surface area (Å²) in [6, 6.07) is 11.9. The molecule has 74 valence electrons. The number of hydrogen-bond donors (Lipinski definition) is 3. The lowest BCUT2D eigenvalue weighted by Gasteiger charge is -1.99. The Kier molecular flexibility index (Phi) is 1.45. The number of nitrogen functional groups attached to an aromatic ring is 2. The minimum atomic E-state index is 0.619. The van der Waals surface area contributed by atoms with Gasteiger partial charge < -0.3 is 16.5 Å². The number of aromatic amines is 1. The summed E-state index contributed by atoms with van der Waals surface area (Å²) in [5.41, 5.74) is 15.0. The molecule has 0 fully saturated rings. The van der Waals surface area contributed by atoms with Crippen molar-refractivity contribution in [2.45, 2.75) is 0 Å². The van der Waals surface area contributed by atoms with Gasteiger partial charge >= 0.3 is 0 Å². The van der Waals surface area contributed by atoms with Gasteiger partial charge in [-0.05, 0) is 18.2 Å². The zero-order chi connectivity index (χ0) is 10.4. The van der Waals surface area contributed by atoms with Crippen molar-refractivity contribution in [3.8, 4) is 0 Å². The molecule has 0 aliphatic carbocycles. The van der Waals surface area contributed by atoms with Gasteiger partial charge in [0.25, 0.3) is 0 Å². The first-order valence-electron chi connectivity index (χ1n) is 4.81. The van der Waals surface area contributed by atoms with E-state index in [9.17, 15) is 0 Å². The van der Waals surface area contributed by atoms with Gasteiger partial charge in [0.1, 0.15) is 0 Å². The van der Waals surface area contributed by atoms with Crippen LogP contribution in [0.3, 0.4) is 0 Å². The van der Waals surface area contributed by atoms with Gasteiger partial charge in [0.05, 0.1) is 11.4 Å². The van der Waals surface area contributed by atoms with Crippen LogP contribution in [0.25, 0.3) is 21.8 Å². The molecule has 0 radical (unpaired) electrons. The number of hydrogen-bond acceptors (Lipinski definition) is 2. The van der Waals surface area contributed by atoms with Crippen molar-refractivity contribution in [3.63, 3.8) is 0 Å². The molecule has 1 heterocycles. The number of nitrogens with one attached hydrogen (secondary N) is 1. The van der Waals surface area contributed by atoms with E-state index in [-0.39, 0.29) is 0 Å². The molecule has 0 saturated carbocycles. The van der Waals surface area contributed by atoms with Crippen LogP contribution >= 0.6 is 0 Å². The molecular weight excluding hydrogens is 186 g/mol. The normalized spacial score (nSPS) is 11.2. The number of nitrogens with two attached hydrogens (primary N) is 2. The van der Waals surface area contributed by atoms with Crippen molar-refractivity contribution >= 4 is 33.2 Å². The van der Waals surface area contributed by atoms with Crippen molar-refractivity contribution in [1.29, 1.82) is 0 Å². The first-order chi connectivity index (χ1) is 7.25. The molecule has 3 heteroatoms.